The van der Waals surface area contributed by atoms with E-state index in [1.165, 1.54) is 5.56 Å². The molecule has 1 aromatic heterocycles. The van der Waals surface area contributed by atoms with Crippen molar-refractivity contribution >= 4 is 5.78 Å². The second kappa shape index (κ2) is 4.37. The molecule has 18 heavy (non-hydrogen) atoms. The number of fused-ring (bicyclic) bond motifs is 1. The van der Waals surface area contributed by atoms with E-state index in [1.807, 2.05) is 25.1 Å². The predicted molar refractivity (Wildman–Crippen MR) is 71.7 cm³/mol. The van der Waals surface area contributed by atoms with Crippen molar-refractivity contribution in [2.45, 2.75) is 26.2 Å². The summed E-state index contributed by atoms with van der Waals surface area (Å²) in [5.41, 5.74) is 5.44. The Hall–Kier alpha value is -1.96. The number of hydrogen-bond donors (Lipinski definition) is 0. The van der Waals surface area contributed by atoms with Crippen molar-refractivity contribution < 1.29 is 4.79 Å². The van der Waals surface area contributed by atoms with Gasteiger partial charge in [-0.25, -0.2) is 0 Å². The van der Waals surface area contributed by atoms with Crippen LogP contribution in [0.15, 0.2) is 36.5 Å². The maximum Gasteiger partial charge on any atom is 0.163 e. The van der Waals surface area contributed by atoms with Gasteiger partial charge in [-0.1, -0.05) is 24.3 Å². The first-order valence-electron chi connectivity index (χ1n) is 6.34. The highest BCUT2D eigenvalue weighted by Gasteiger charge is 2.17. The highest BCUT2D eigenvalue weighted by Crippen LogP contribution is 2.28. The Morgan fingerprint density at radius 3 is 2.83 bits per heavy atom. The molecular formula is C16H15NO. The number of rotatable bonds is 1. The lowest BCUT2D eigenvalue weighted by molar-refractivity contribution is 0.0972. The number of aromatic nitrogens is 1. The maximum atomic E-state index is 11.8. The third kappa shape index (κ3) is 1.84. The lowest BCUT2D eigenvalue weighted by Crippen LogP contribution is -2.10. The fourth-order valence-electron chi connectivity index (χ4n) is 2.60. The van der Waals surface area contributed by atoms with Crippen LogP contribution < -0.4 is 0 Å². The molecule has 0 N–H and O–H groups in total. The van der Waals surface area contributed by atoms with E-state index in [0.717, 1.165) is 35.2 Å². The summed E-state index contributed by atoms with van der Waals surface area (Å²) in [5.74, 6) is 0.283. The standard InChI is InChI=1S/C16H15NO/c1-11-14(5-3-9-17-11)13-7-8-15-12(10-13)4-2-6-16(15)18/h3,5,7-10H,2,4,6H2,1H3. The van der Waals surface area contributed by atoms with Crippen molar-refractivity contribution in [3.63, 3.8) is 0 Å². The number of benzene rings is 1. The van der Waals surface area contributed by atoms with E-state index in [2.05, 4.69) is 17.1 Å². The van der Waals surface area contributed by atoms with Gasteiger partial charge in [0.25, 0.3) is 0 Å². The molecule has 2 nitrogen and oxygen atoms in total. The molecule has 0 aliphatic heterocycles. The molecular weight excluding hydrogens is 222 g/mol. The highest BCUT2D eigenvalue weighted by molar-refractivity contribution is 5.99. The van der Waals surface area contributed by atoms with Crippen LogP contribution in [0.1, 0.15) is 34.5 Å². The number of nitrogens with zero attached hydrogens (tertiary/aromatic N) is 1. The second-order valence-electron chi connectivity index (χ2n) is 4.79. The molecule has 3 rings (SSSR count). The van der Waals surface area contributed by atoms with Crippen molar-refractivity contribution in [2.75, 3.05) is 0 Å². The Morgan fingerprint density at radius 2 is 2.00 bits per heavy atom. The van der Waals surface area contributed by atoms with Crippen LogP contribution in [-0.4, -0.2) is 10.8 Å². The zero-order valence-corrected chi connectivity index (χ0v) is 10.4. The van der Waals surface area contributed by atoms with Crippen LogP contribution in [0.3, 0.4) is 0 Å². The smallest absolute Gasteiger partial charge is 0.163 e. The van der Waals surface area contributed by atoms with Crippen LogP contribution in [0.4, 0.5) is 0 Å². The maximum absolute atomic E-state index is 11.8. The summed E-state index contributed by atoms with van der Waals surface area (Å²) in [6, 6.07) is 10.2. The highest BCUT2D eigenvalue weighted by atomic mass is 16.1. The molecule has 0 unspecified atom stereocenters. The molecule has 90 valence electrons. The van der Waals surface area contributed by atoms with E-state index >= 15 is 0 Å². The molecule has 1 aromatic carbocycles. The number of pyridine rings is 1. The van der Waals surface area contributed by atoms with Gasteiger partial charge in [0.1, 0.15) is 0 Å². The zero-order valence-electron chi connectivity index (χ0n) is 10.4. The lowest BCUT2D eigenvalue weighted by atomic mass is 9.88. The van der Waals surface area contributed by atoms with Gasteiger partial charge in [0.05, 0.1) is 0 Å². The summed E-state index contributed by atoms with van der Waals surface area (Å²) in [6.07, 6.45) is 4.48. The average Bonchev–Trinajstić information content (AvgIpc) is 2.39. The molecule has 1 aliphatic rings. The Kier molecular flexibility index (Phi) is 2.71. The van der Waals surface area contributed by atoms with Crippen molar-refractivity contribution in [2.24, 2.45) is 0 Å². The molecule has 1 heterocycles. The van der Waals surface area contributed by atoms with E-state index in [1.54, 1.807) is 6.20 Å². The number of aryl methyl sites for hydroxylation is 2. The first kappa shape index (κ1) is 11.1. The minimum Gasteiger partial charge on any atom is -0.294 e. The van der Waals surface area contributed by atoms with Crippen molar-refractivity contribution in [3.05, 3.63) is 53.3 Å². The minimum atomic E-state index is 0.283. The average molecular weight is 237 g/mol. The molecule has 0 bridgehead atoms. The number of hydrogen-bond acceptors (Lipinski definition) is 2. The number of carbonyl (C=O) groups excluding carboxylic acids is 1. The second-order valence-corrected chi connectivity index (χ2v) is 4.79. The van der Waals surface area contributed by atoms with Crippen LogP contribution in [0.5, 0.6) is 0 Å². The normalized spacial score (nSPS) is 14.4. The summed E-state index contributed by atoms with van der Waals surface area (Å²) in [6.45, 7) is 2.01. The molecule has 0 amide bonds. The van der Waals surface area contributed by atoms with Crippen molar-refractivity contribution in [1.29, 1.82) is 0 Å². The van der Waals surface area contributed by atoms with Gasteiger partial charge in [-0.2, -0.15) is 0 Å². The zero-order chi connectivity index (χ0) is 12.5. The van der Waals surface area contributed by atoms with Crippen LogP contribution in [0, 0.1) is 6.92 Å². The number of ketones is 1. The third-order valence-corrected chi connectivity index (χ3v) is 3.57. The van der Waals surface area contributed by atoms with Gasteiger partial charge in [0.2, 0.25) is 0 Å². The van der Waals surface area contributed by atoms with Crippen LogP contribution in [0.25, 0.3) is 11.1 Å². The predicted octanol–water partition coefficient (Wildman–Crippen LogP) is 3.58. The summed E-state index contributed by atoms with van der Waals surface area (Å²) in [5, 5.41) is 0. The molecule has 0 atom stereocenters. The molecule has 2 aromatic rings. The van der Waals surface area contributed by atoms with Crippen LogP contribution >= 0.6 is 0 Å². The quantitative estimate of drug-likeness (QED) is 0.758. The van der Waals surface area contributed by atoms with Crippen LogP contribution in [-0.2, 0) is 6.42 Å². The molecule has 0 fully saturated rings. The lowest BCUT2D eigenvalue weighted by Gasteiger charge is -2.16. The van der Waals surface area contributed by atoms with E-state index < -0.39 is 0 Å². The van der Waals surface area contributed by atoms with Gasteiger partial charge in [0, 0.05) is 29.4 Å². The minimum absolute atomic E-state index is 0.283. The molecule has 0 saturated carbocycles. The number of carbonyl (C=O) groups is 1. The van der Waals surface area contributed by atoms with E-state index in [9.17, 15) is 4.79 Å². The van der Waals surface area contributed by atoms with Crippen molar-refractivity contribution in [3.8, 4) is 11.1 Å². The Bertz CT molecular complexity index is 616. The van der Waals surface area contributed by atoms with Gasteiger partial charge in [-0.3, -0.25) is 9.78 Å². The Labute approximate surface area is 107 Å². The van der Waals surface area contributed by atoms with Crippen LogP contribution in [0.2, 0.25) is 0 Å². The van der Waals surface area contributed by atoms with Crippen molar-refractivity contribution in [1.82, 2.24) is 4.98 Å². The summed E-state index contributed by atoms with van der Waals surface area (Å²) >= 11 is 0. The van der Waals surface area contributed by atoms with E-state index in [4.69, 9.17) is 0 Å². The molecule has 0 spiro atoms. The van der Waals surface area contributed by atoms with Gasteiger partial charge < -0.3 is 0 Å². The summed E-state index contributed by atoms with van der Waals surface area (Å²) in [4.78, 5) is 16.1. The summed E-state index contributed by atoms with van der Waals surface area (Å²) in [7, 11) is 0. The van der Waals surface area contributed by atoms with E-state index in [-0.39, 0.29) is 5.78 Å². The van der Waals surface area contributed by atoms with Gasteiger partial charge in [-0.05, 0) is 37.0 Å². The molecule has 0 radical (unpaired) electrons. The van der Waals surface area contributed by atoms with Gasteiger partial charge in [0.15, 0.2) is 5.78 Å². The summed E-state index contributed by atoms with van der Waals surface area (Å²) < 4.78 is 0. The van der Waals surface area contributed by atoms with Gasteiger partial charge in [-0.15, -0.1) is 0 Å². The Balaban J connectivity index is 2.10. The largest absolute Gasteiger partial charge is 0.294 e. The SMILES string of the molecule is Cc1ncccc1-c1ccc2c(c1)CCCC2=O. The van der Waals surface area contributed by atoms with Gasteiger partial charge >= 0.3 is 0 Å². The molecule has 0 saturated heterocycles. The fourth-order valence-corrected chi connectivity index (χ4v) is 2.60. The third-order valence-electron chi connectivity index (χ3n) is 3.57. The van der Waals surface area contributed by atoms with E-state index in [0.29, 0.717) is 6.42 Å². The number of Topliss-reactive ketones (excluding diaryl/α,β-unsaturated/α-hetero) is 1. The fraction of sp³-hybridized carbons (Fsp3) is 0.250. The monoisotopic (exact) mass is 237 g/mol. The Morgan fingerprint density at radius 1 is 1.11 bits per heavy atom. The topological polar surface area (TPSA) is 30.0 Å². The molecule has 2 heteroatoms. The molecule has 1 aliphatic carbocycles. The first-order valence-corrected chi connectivity index (χ1v) is 6.34. The first-order chi connectivity index (χ1) is 8.75.